The minimum Gasteiger partial charge on any atom is -0.490 e. The van der Waals surface area contributed by atoms with Gasteiger partial charge in [-0.15, -0.1) is 24.0 Å². The maximum absolute atomic E-state index is 5.76. The van der Waals surface area contributed by atoms with Crippen LogP contribution in [0.5, 0.6) is 11.5 Å². The Bertz CT molecular complexity index is 611. The summed E-state index contributed by atoms with van der Waals surface area (Å²) in [5, 5.41) is 6.85. The van der Waals surface area contributed by atoms with E-state index in [9.17, 15) is 0 Å². The third-order valence-electron chi connectivity index (χ3n) is 4.84. The van der Waals surface area contributed by atoms with E-state index in [0.717, 1.165) is 55.5 Å². The molecule has 0 fully saturated rings. The number of hydrogen-bond donors (Lipinski definition) is 2. The molecular formula is C23H43IN4O2. The SMILES string of the molecule is CCNC(=NCCCCN(C)C(C)C)NC(C)c1ccc(OCC)c(OCC)c1.I. The third-order valence-corrected chi connectivity index (χ3v) is 4.84. The second-order valence-electron chi connectivity index (χ2n) is 7.48. The number of halogens is 1. The molecule has 0 spiro atoms. The molecule has 30 heavy (non-hydrogen) atoms. The van der Waals surface area contributed by atoms with Gasteiger partial charge in [-0.05, 0) is 85.7 Å². The summed E-state index contributed by atoms with van der Waals surface area (Å²) in [5.74, 6) is 2.43. The fourth-order valence-electron chi connectivity index (χ4n) is 2.87. The minimum atomic E-state index is 0. The lowest BCUT2D eigenvalue weighted by molar-refractivity contribution is 0.269. The summed E-state index contributed by atoms with van der Waals surface area (Å²) in [6, 6.07) is 6.81. The van der Waals surface area contributed by atoms with Crippen molar-refractivity contribution in [3.63, 3.8) is 0 Å². The molecule has 0 aromatic heterocycles. The predicted molar refractivity (Wildman–Crippen MR) is 139 cm³/mol. The summed E-state index contributed by atoms with van der Waals surface area (Å²) >= 11 is 0. The van der Waals surface area contributed by atoms with Crippen molar-refractivity contribution in [3.8, 4) is 11.5 Å². The number of benzene rings is 1. The van der Waals surface area contributed by atoms with E-state index in [1.54, 1.807) is 0 Å². The average molecular weight is 535 g/mol. The molecule has 0 bridgehead atoms. The van der Waals surface area contributed by atoms with E-state index >= 15 is 0 Å². The van der Waals surface area contributed by atoms with Crippen LogP contribution < -0.4 is 20.1 Å². The molecule has 0 aliphatic heterocycles. The van der Waals surface area contributed by atoms with Gasteiger partial charge in [-0.1, -0.05) is 6.07 Å². The van der Waals surface area contributed by atoms with Crippen molar-refractivity contribution in [1.82, 2.24) is 15.5 Å². The Morgan fingerprint density at radius 2 is 1.70 bits per heavy atom. The normalized spacial score (nSPS) is 12.5. The van der Waals surface area contributed by atoms with Gasteiger partial charge >= 0.3 is 0 Å². The van der Waals surface area contributed by atoms with E-state index in [0.29, 0.717) is 19.3 Å². The number of nitrogens with one attached hydrogen (secondary N) is 2. The topological polar surface area (TPSA) is 58.1 Å². The zero-order valence-electron chi connectivity index (χ0n) is 20.0. The Morgan fingerprint density at radius 3 is 2.30 bits per heavy atom. The molecule has 0 aliphatic carbocycles. The Balaban J connectivity index is 0.00000841. The van der Waals surface area contributed by atoms with Gasteiger partial charge in [0.2, 0.25) is 0 Å². The highest BCUT2D eigenvalue weighted by Crippen LogP contribution is 2.30. The van der Waals surface area contributed by atoms with Gasteiger partial charge < -0.3 is 25.0 Å². The van der Waals surface area contributed by atoms with Crippen LogP contribution in [0, 0.1) is 0 Å². The number of nitrogens with zero attached hydrogens (tertiary/aromatic N) is 2. The van der Waals surface area contributed by atoms with Crippen molar-refractivity contribution < 1.29 is 9.47 Å². The maximum Gasteiger partial charge on any atom is 0.191 e. The zero-order valence-corrected chi connectivity index (χ0v) is 22.3. The van der Waals surface area contributed by atoms with Gasteiger partial charge in [-0.3, -0.25) is 4.99 Å². The Kier molecular flexibility index (Phi) is 15.8. The van der Waals surface area contributed by atoms with Crippen molar-refractivity contribution in [2.75, 3.05) is 39.9 Å². The summed E-state index contributed by atoms with van der Waals surface area (Å²) in [4.78, 5) is 7.12. The zero-order chi connectivity index (χ0) is 21.6. The molecule has 174 valence electrons. The molecule has 6 nitrogen and oxygen atoms in total. The van der Waals surface area contributed by atoms with E-state index in [2.05, 4.69) is 62.4 Å². The molecule has 1 atom stereocenters. The van der Waals surface area contributed by atoms with Crippen molar-refractivity contribution >= 4 is 29.9 Å². The molecule has 7 heteroatoms. The first-order valence-electron chi connectivity index (χ1n) is 11.1. The smallest absolute Gasteiger partial charge is 0.191 e. The summed E-state index contributed by atoms with van der Waals surface area (Å²) in [5.41, 5.74) is 1.14. The molecule has 1 aromatic carbocycles. The van der Waals surface area contributed by atoms with Gasteiger partial charge in [0.05, 0.1) is 19.3 Å². The second-order valence-corrected chi connectivity index (χ2v) is 7.48. The quantitative estimate of drug-likeness (QED) is 0.164. The molecule has 0 amide bonds. The Labute approximate surface area is 201 Å². The average Bonchev–Trinajstić information content (AvgIpc) is 2.69. The van der Waals surface area contributed by atoms with Crippen LogP contribution in [0.25, 0.3) is 0 Å². The van der Waals surface area contributed by atoms with Crippen molar-refractivity contribution in [2.24, 2.45) is 4.99 Å². The van der Waals surface area contributed by atoms with Crippen LogP contribution in [0.3, 0.4) is 0 Å². The molecule has 0 saturated heterocycles. The number of aliphatic imine (C=N–C) groups is 1. The number of ether oxygens (including phenoxy) is 2. The van der Waals surface area contributed by atoms with Crippen LogP contribution in [0.1, 0.15) is 66.0 Å². The molecule has 2 N–H and O–H groups in total. The largest absolute Gasteiger partial charge is 0.490 e. The van der Waals surface area contributed by atoms with E-state index in [1.165, 1.54) is 0 Å². The fraction of sp³-hybridized carbons (Fsp3) is 0.696. The third kappa shape index (κ3) is 10.7. The van der Waals surface area contributed by atoms with Crippen LogP contribution in [-0.2, 0) is 0 Å². The first-order valence-corrected chi connectivity index (χ1v) is 11.1. The Morgan fingerprint density at radius 1 is 1.03 bits per heavy atom. The van der Waals surface area contributed by atoms with Gasteiger partial charge in [0.15, 0.2) is 17.5 Å². The lowest BCUT2D eigenvalue weighted by Gasteiger charge is -2.21. The second kappa shape index (κ2) is 16.5. The predicted octanol–water partition coefficient (Wildman–Crippen LogP) is 4.84. The first kappa shape index (κ1) is 28.8. The summed E-state index contributed by atoms with van der Waals surface area (Å²) in [6.45, 7) is 16.6. The molecule has 0 aliphatic rings. The highest BCUT2D eigenvalue weighted by Gasteiger charge is 2.12. The molecule has 0 radical (unpaired) electrons. The van der Waals surface area contributed by atoms with Crippen molar-refractivity contribution in [3.05, 3.63) is 23.8 Å². The molecule has 1 unspecified atom stereocenters. The lowest BCUT2D eigenvalue weighted by Crippen LogP contribution is -2.38. The van der Waals surface area contributed by atoms with Gasteiger partial charge in [-0.2, -0.15) is 0 Å². The van der Waals surface area contributed by atoms with Crippen LogP contribution in [0.4, 0.5) is 0 Å². The van der Waals surface area contributed by atoms with Crippen molar-refractivity contribution in [2.45, 2.75) is 66.5 Å². The molecule has 1 rings (SSSR count). The van der Waals surface area contributed by atoms with Gasteiger partial charge in [-0.25, -0.2) is 0 Å². The number of unbranched alkanes of at least 4 members (excludes halogenated alkanes) is 1. The Hall–Kier alpha value is -1.22. The summed E-state index contributed by atoms with van der Waals surface area (Å²) in [7, 11) is 2.18. The fourth-order valence-corrected chi connectivity index (χ4v) is 2.87. The number of guanidine groups is 1. The standard InChI is InChI=1S/C23H42N4O2.HI/c1-8-24-23(25-15-11-12-16-27(7)18(4)5)26-19(6)20-13-14-21(28-9-2)22(17-20)29-10-3;/h13-14,17-19H,8-12,15-16H2,1-7H3,(H2,24,25,26);1H. The van der Waals surface area contributed by atoms with E-state index < -0.39 is 0 Å². The summed E-state index contributed by atoms with van der Waals surface area (Å²) < 4.78 is 11.4. The van der Waals surface area contributed by atoms with Gasteiger partial charge in [0.25, 0.3) is 0 Å². The molecule has 0 heterocycles. The van der Waals surface area contributed by atoms with Gasteiger partial charge in [0.1, 0.15) is 0 Å². The molecule has 0 saturated carbocycles. The summed E-state index contributed by atoms with van der Waals surface area (Å²) in [6.07, 6.45) is 2.24. The number of rotatable bonds is 13. The number of hydrogen-bond acceptors (Lipinski definition) is 4. The van der Waals surface area contributed by atoms with Crippen LogP contribution >= 0.6 is 24.0 Å². The lowest BCUT2D eigenvalue weighted by atomic mass is 10.1. The first-order chi connectivity index (χ1) is 13.9. The van der Waals surface area contributed by atoms with Crippen LogP contribution in [-0.4, -0.2) is 56.8 Å². The van der Waals surface area contributed by atoms with Crippen LogP contribution in [0.15, 0.2) is 23.2 Å². The van der Waals surface area contributed by atoms with E-state index in [4.69, 9.17) is 14.5 Å². The molecule has 1 aromatic rings. The van der Waals surface area contributed by atoms with E-state index in [-0.39, 0.29) is 30.0 Å². The minimum absolute atomic E-state index is 0. The maximum atomic E-state index is 5.76. The monoisotopic (exact) mass is 534 g/mol. The van der Waals surface area contributed by atoms with Crippen LogP contribution in [0.2, 0.25) is 0 Å². The van der Waals surface area contributed by atoms with Gasteiger partial charge in [0, 0.05) is 19.1 Å². The highest BCUT2D eigenvalue weighted by atomic mass is 127. The van der Waals surface area contributed by atoms with Crippen molar-refractivity contribution in [1.29, 1.82) is 0 Å². The molecular weight excluding hydrogens is 491 g/mol. The highest BCUT2D eigenvalue weighted by molar-refractivity contribution is 14.0. The van der Waals surface area contributed by atoms with E-state index in [1.807, 2.05) is 19.9 Å².